The topological polar surface area (TPSA) is 65.9 Å². The molecule has 0 saturated carbocycles. The molecule has 1 aliphatic heterocycles. The second kappa shape index (κ2) is 4.50. The Balaban J connectivity index is 2.21. The van der Waals surface area contributed by atoms with Crippen molar-refractivity contribution in [2.24, 2.45) is 11.7 Å². The quantitative estimate of drug-likeness (QED) is 0.804. The van der Waals surface area contributed by atoms with Gasteiger partial charge in [0.1, 0.15) is 5.82 Å². The van der Waals surface area contributed by atoms with Crippen molar-refractivity contribution in [1.82, 2.24) is 4.98 Å². The van der Waals surface area contributed by atoms with Crippen molar-refractivity contribution in [3.8, 4) is 6.07 Å². The van der Waals surface area contributed by atoms with Gasteiger partial charge >= 0.3 is 0 Å². The molecule has 0 aromatic carbocycles. The Morgan fingerprint density at radius 2 is 2.50 bits per heavy atom. The molecule has 0 spiro atoms. The zero-order valence-corrected chi connectivity index (χ0v) is 9.43. The molecule has 1 aromatic heterocycles. The van der Waals surface area contributed by atoms with Gasteiger partial charge in [-0.05, 0) is 37.9 Å². The Morgan fingerprint density at radius 1 is 1.69 bits per heavy atom. The van der Waals surface area contributed by atoms with E-state index in [1.165, 1.54) is 0 Å². The average Bonchev–Trinajstić information content (AvgIpc) is 2.71. The highest BCUT2D eigenvalue weighted by molar-refractivity contribution is 5.46. The Labute approximate surface area is 95.7 Å². The van der Waals surface area contributed by atoms with Gasteiger partial charge in [0.05, 0.1) is 11.6 Å². The van der Waals surface area contributed by atoms with Gasteiger partial charge in [-0.1, -0.05) is 0 Å². The van der Waals surface area contributed by atoms with E-state index in [2.05, 4.69) is 22.9 Å². The number of rotatable bonds is 2. The molecule has 0 bridgehead atoms. The van der Waals surface area contributed by atoms with Crippen molar-refractivity contribution in [2.75, 3.05) is 18.0 Å². The van der Waals surface area contributed by atoms with Crippen molar-refractivity contribution in [3.05, 3.63) is 23.9 Å². The lowest BCUT2D eigenvalue weighted by Crippen LogP contribution is -2.28. The number of hydrogen-bond donors (Lipinski definition) is 1. The molecule has 1 aliphatic rings. The van der Waals surface area contributed by atoms with E-state index in [0.717, 1.165) is 25.3 Å². The number of nitrogens with two attached hydrogens (primary N) is 1. The molecule has 16 heavy (non-hydrogen) atoms. The first kappa shape index (κ1) is 10.9. The molecule has 0 radical (unpaired) electrons. The predicted molar refractivity (Wildman–Crippen MR) is 62.9 cm³/mol. The number of pyridine rings is 1. The molecule has 2 N–H and O–H groups in total. The van der Waals surface area contributed by atoms with E-state index < -0.39 is 0 Å². The van der Waals surface area contributed by atoms with E-state index >= 15 is 0 Å². The van der Waals surface area contributed by atoms with Gasteiger partial charge in [0, 0.05) is 18.8 Å². The lowest BCUT2D eigenvalue weighted by Gasteiger charge is -2.22. The van der Waals surface area contributed by atoms with Gasteiger partial charge in [0.15, 0.2) is 0 Å². The molecule has 4 heteroatoms. The minimum atomic E-state index is 0.454. The molecule has 2 atom stereocenters. The van der Waals surface area contributed by atoms with Crippen LogP contribution in [-0.2, 0) is 0 Å². The van der Waals surface area contributed by atoms with Gasteiger partial charge in [0.25, 0.3) is 0 Å². The third-order valence-corrected chi connectivity index (χ3v) is 3.16. The maximum Gasteiger partial charge on any atom is 0.130 e. The van der Waals surface area contributed by atoms with Crippen LogP contribution in [0.5, 0.6) is 0 Å². The maximum absolute atomic E-state index is 8.85. The van der Waals surface area contributed by atoms with Gasteiger partial charge in [-0.2, -0.15) is 5.26 Å². The minimum absolute atomic E-state index is 0.454. The van der Waals surface area contributed by atoms with Crippen LogP contribution in [0.15, 0.2) is 18.3 Å². The van der Waals surface area contributed by atoms with Crippen molar-refractivity contribution < 1.29 is 0 Å². The standard InChI is InChI=1S/C12H16N4/c1-9-4-11(7-14)8-16(9)12-5-10(6-13)2-3-15-12/h2-3,5,9,11H,4,7-8,14H2,1H3. The fourth-order valence-electron chi connectivity index (χ4n) is 2.28. The van der Waals surface area contributed by atoms with Crippen LogP contribution in [0.4, 0.5) is 5.82 Å². The molecular weight excluding hydrogens is 200 g/mol. The summed E-state index contributed by atoms with van der Waals surface area (Å²) < 4.78 is 0. The Morgan fingerprint density at radius 3 is 3.12 bits per heavy atom. The fraction of sp³-hybridized carbons (Fsp3) is 0.500. The van der Waals surface area contributed by atoms with E-state index in [-0.39, 0.29) is 0 Å². The van der Waals surface area contributed by atoms with Crippen LogP contribution in [-0.4, -0.2) is 24.1 Å². The Bertz CT molecular complexity index is 410. The Hall–Kier alpha value is -1.60. The molecule has 0 aliphatic carbocycles. The summed E-state index contributed by atoms with van der Waals surface area (Å²) >= 11 is 0. The van der Waals surface area contributed by atoms with Gasteiger partial charge in [-0.3, -0.25) is 0 Å². The summed E-state index contributed by atoms with van der Waals surface area (Å²) in [4.78, 5) is 6.56. The molecule has 4 nitrogen and oxygen atoms in total. The van der Waals surface area contributed by atoms with E-state index in [4.69, 9.17) is 11.0 Å². The SMILES string of the molecule is CC1CC(CN)CN1c1cc(C#N)ccn1. The first-order valence-electron chi connectivity index (χ1n) is 5.57. The van der Waals surface area contributed by atoms with Gasteiger partial charge in [-0.15, -0.1) is 0 Å². The zero-order valence-electron chi connectivity index (χ0n) is 9.43. The summed E-state index contributed by atoms with van der Waals surface area (Å²) in [5, 5.41) is 8.85. The number of anilines is 1. The summed E-state index contributed by atoms with van der Waals surface area (Å²) in [5.41, 5.74) is 6.35. The van der Waals surface area contributed by atoms with Crippen molar-refractivity contribution in [2.45, 2.75) is 19.4 Å². The lowest BCUT2D eigenvalue weighted by molar-refractivity contribution is 0.579. The highest BCUT2D eigenvalue weighted by Crippen LogP contribution is 2.27. The van der Waals surface area contributed by atoms with E-state index in [1.54, 1.807) is 12.3 Å². The van der Waals surface area contributed by atoms with Crippen LogP contribution in [0.3, 0.4) is 0 Å². The third kappa shape index (κ3) is 2.00. The van der Waals surface area contributed by atoms with Crippen LogP contribution in [0.25, 0.3) is 0 Å². The highest BCUT2D eigenvalue weighted by atomic mass is 15.2. The molecule has 1 aromatic rings. The molecule has 2 rings (SSSR count). The van der Waals surface area contributed by atoms with Crippen LogP contribution in [0.2, 0.25) is 0 Å². The number of nitriles is 1. The summed E-state index contributed by atoms with van der Waals surface area (Å²) in [6.45, 7) is 3.84. The number of aromatic nitrogens is 1. The summed E-state index contributed by atoms with van der Waals surface area (Å²) in [6.07, 6.45) is 2.80. The van der Waals surface area contributed by atoms with Gasteiger partial charge in [0.2, 0.25) is 0 Å². The minimum Gasteiger partial charge on any atom is -0.354 e. The van der Waals surface area contributed by atoms with Crippen LogP contribution >= 0.6 is 0 Å². The van der Waals surface area contributed by atoms with Crippen molar-refractivity contribution in [1.29, 1.82) is 5.26 Å². The fourth-order valence-corrected chi connectivity index (χ4v) is 2.28. The number of hydrogen-bond acceptors (Lipinski definition) is 4. The van der Waals surface area contributed by atoms with Crippen LogP contribution in [0.1, 0.15) is 18.9 Å². The second-order valence-corrected chi connectivity index (χ2v) is 4.35. The van der Waals surface area contributed by atoms with Crippen molar-refractivity contribution in [3.63, 3.8) is 0 Å². The highest BCUT2D eigenvalue weighted by Gasteiger charge is 2.28. The van der Waals surface area contributed by atoms with Gasteiger partial charge in [-0.25, -0.2) is 4.98 Å². The normalized spacial score (nSPS) is 24.4. The number of nitrogens with zero attached hydrogens (tertiary/aromatic N) is 3. The molecule has 84 valence electrons. The van der Waals surface area contributed by atoms with Crippen molar-refractivity contribution >= 4 is 5.82 Å². The lowest BCUT2D eigenvalue weighted by atomic mass is 10.1. The van der Waals surface area contributed by atoms with Gasteiger partial charge < -0.3 is 10.6 Å². The first-order valence-corrected chi connectivity index (χ1v) is 5.57. The largest absolute Gasteiger partial charge is 0.354 e. The molecule has 1 saturated heterocycles. The van der Waals surface area contributed by atoms with E-state index in [0.29, 0.717) is 17.5 Å². The van der Waals surface area contributed by atoms with Crippen LogP contribution in [0, 0.1) is 17.2 Å². The molecule has 1 fully saturated rings. The Kier molecular flexibility index (Phi) is 3.07. The maximum atomic E-state index is 8.85. The van der Waals surface area contributed by atoms with E-state index in [9.17, 15) is 0 Å². The third-order valence-electron chi connectivity index (χ3n) is 3.16. The predicted octanol–water partition coefficient (Wildman–Crippen LogP) is 1.13. The molecular formula is C12H16N4. The molecule has 0 amide bonds. The summed E-state index contributed by atoms with van der Waals surface area (Å²) in [6, 6.07) is 6.16. The summed E-state index contributed by atoms with van der Waals surface area (Å²) in [5.74, 6) is 1.44. The van der Waals surface area contributed by atoms with Crippen LogP contribution < -0.4 is 10.6 Å². The molecule has 2 heterocycles. The smallest absolute Gasteiger partial charge is 0.130 e. The zero-order chi connectivity index (χ0) is 11.5. The van der Waals surface area contributed by atoms with E-state index in [1.807, 2.05) is 6.07 Å². The molecule has 2 unspecified atom stereocenters. The summed E-state index contributed by atoms with van der Waals surface area (Å²) in [7, 11) is 0. The average molecular weight is 216 g/mol. The monoisotopic (exact) mass is 216 g/mol. The first-order chi connectivity index (χ1) is 7.74. The second-order valence-electron chi connectivity index (χ2n) is 4.35.